The standard InChI is InChI=1S/C23H20BrF4N5O2.ClH/c1-35-20-7-6-17(21(24)31-20)33-12-32(16-5-4-14(25)9-13(16)3-2-8-29)18-10-19(23(26,27)28)30-11-15(18)22(33)34;/h4-7,9-11H,2-3,8,12,29H2,1H3;1H. The summed E-state index contributed by atoms with van der Waals surface area (Å²) >= 11 is 3.33. The van der Waals surface area contributed by atoms with E-state index in [-0.39, 0.29) is 30.3 Å². The third-order valence-electron chi connectivity index (χ3n) is 5.51. The third kappa shape index (κ3) is 5.40. The summed E-state index contributed by atoms with van der Waals surface area (Å²) in [5.41, 5.74) is 5.84. The average Bonchev–Trinajstić information content (AvgIpc) is 2.83. The van der Waals surface area contributed by atoms with Gasteiger partial charge in [0.2, 0.25) is 5.88 Å². The van der Waals surface area contributed by atoms with Crippen molar-refractivity contribution in [3.8, 4) is 5.88 Å². The molecule has 2 aromatic heterocycles. The van der Waals surface area contributed by atoms with E-state index in [2.05, 4.69) is 25.9 Å². The van der Waals surface area contributed by atoms with Gasteiger partial charge in [0.25, 0.3) is 5.91 Å². The minimum atomic E-state index is -4.71. The first-order valence-corrected chi connectivity index (χ1v) is 11.3. The van der Waals surface area contributed by atoms with Crippen LogP contribution in [0.15, 0.2) is 47.2 Å². The molecule has 36 heavy (non-hydrogen) atoms. The smallest absolute Gasteiger partial charge is 0.433 e. The van der Waals surface area contributed by atoms with Crippen molar-refractivity contribution in [3.05, 3.63) is 69.8 Å². The van der Waals surface area contributed by atoms with E-state index < -0.39 is 23.6 Å². The molecular weight excluding hydrogens is 570 g/mol. The Kier molecular flexibility index (Phi) is 8.42. The quantitative estimate of drug-likeness (QED) is 0.303. The first-order chi connectivity index (χ1) is 16.6. The first kappa shape index (κ1) is 27.6. The number of rotatable bonds is 6. The van der Waals surface area contributed by atoms with Crippen molar-refractivity contribution in [2.24, 2.45) is 5.73 Å². The maximum absolute atomic E-state index is 14.1. The molecule has 1 aliphatic rings. The molecule has 0 atom stereocenters. The van der Waals surface area contributed by atoms with E-state index in [0.29, 0.717) is 46.8 Å². The zero-order chi connectivity index (χ0) is 25.3. The van der Waals surface area contributed by atoms with Crippen LogP contribution in [0.25, 0.3) is 0 Å². The van der Waals surface area contributed by atoms with Gasteiger partial charge in [-0.25, -0.2) is 9.37 Å². The van der Waals surface area contributed by atoms with E-state index in [1.807, 2.05) is 0 Å². The lowest BCUT2D eigenvalue weighted by molar-refractivity contribution is -0.141. The number of methoxy groups -OCH3 is 1. The summed E-state index contributed by atoms with van der Waals surface area (Å²) in [5.74, 6) is -0.740. The molecule has 0 unspecified atom stereocenters. The highest BCUT2D eigenvalue weighted by molar-refractivity contribution is 9.10. The van der Waals surface area contributed by atoms with Gasteiger partial charge in [-0.2, -0.15) is 13.2 Å². The van der Waals surface area contributed by atoms with Crippen LogP contribution in [-0.2, 0) is 12.6 Å². The van der Waals surface area contributed by atoms with Gasteiger partial charge in [-0.1, -0.05) is 0 Å². The normalized spacial score (nSPS) is 13.4. The fourth-order valence-corrected chi connectivity index (χ4v) is 4.36. The minimum absolute atomic E-state index is 0. The van der Waals surface area contributed by atoms with Crippen LogP contribution < -0.4 is 20.3 Å². The number of aryl methyl sites for hydroxylation is 1. The Morgan fingerprint density at radius 2 is 1.83 bits per heavy atom. The van der Waals surface area contributed by atoms with Gasteiger partial charge in [0.05, 0.1) is 24.0 Å². The summed E-state index contributed by atoms with van der Waals surface area (Å²) in [7, 11) is 1.44. The lowest BCUT2D eigenvalue weighted by Gasteiger charge is -2.39. The second kappa shape index (κ2) is 11.0. The van der Waals surface area contributed by atoms with Crippen LogP contribution >= 0.6 is 28.3 Å². The minimum Gasteiger partial charge on any atom is -0.481 e. The van der Waals surface area contributed by atoms with Gasteiger partial charge in [0.1, 0.15) is 22.8 Å². The fraction of sp³-hybridized carbons (Fsp3) is 0.261. The Balaban J connectivity index is 0.00000361. The van der Waals surface area contributed by atoms with Crippen LogP contribution in [0.3, 0.4) is 0 Å². The molecule has 1 aromatic carbocycles. The first-order valence-electron chi connectivity index (χ1n) is 10.5. The number of benzene rings is 1. The molecule has 192 valence electrons. The zero-order valence-corrected chi connectivity index (χ0v) is 21.3. The molecule has 0 radical (unpaired) electrons. The Morgan fingerprint density at radius 3 is 2.47 bits per heavy atom. The Hall–Kier alpha value is -2.96. The van der Waals surface area contributed by atoms with Crippen molar-refractivity contribution < 1.29 is 27.1 Å². The van der Waals surface area contributed by atoms with Gasteiger partial charge >= 0.3 is 6.18 Å². The van der Waals surface area contributed by atoms with Gasteiger partial charge in [-0.3, -0.25) is 14.7 Å². The number of nitrogens with zero attached hydrogens (tertiary/aromatic N) is 4. The fourth-order valence-electron chi connectivity index (χ4n) is 3.84. The van der Waals surface area contributed by atoms with Gasteiger partial charge < -0.3 is 15.4 Å². The molecule has 4 rings (SSSR count). The number of pyridine rings is 2. The highest BCUT2D eigenvalue weighted by Crippen LogP contribution is 2.41. The molecule has 3 heterocycles. The predicted molar refractivity (Wildman–Crippen MR) is 133 cm³/mol. The molecule has 0 fully saturated rings. The van der Waals surface area contributed by atoms with E-state index in [1.165, 1.54) is 35.1 Å². The van der Waals surface area contributed by atoms with Gasteiger partial charge in [0.15, 0.2) is 0 Å². The number of hydrogen-bond donors (Lipinski definition) is 1. The maximum Gasteiger partial charge on any atom is 0.433 e. The Bertz CT molecular complexity index is 1280. The van der Waals surface area contributed by atoms with E-state index >= 15 is 0 Å². The molecule has 0 saturated carbocycles. The largest absolute Gasteiger partial charge is 0.481 e. The van der Waals surface area contributed by atoms with Crippen LogP contribution in [0, 0.1) is 5.82 Å². The Labute approximate surface area is 218 Å². The second-order valence-electron chi connectivity index (χ2n) is 7.72. The summed E-state index contributed by atoms with van der Waals surface area (Å²) in [5, 5.41) is 0. The van der Waals surface area contributed by atoms with E-state index in [1.54, 1.807) is 12.1 Å². The van der Waals surface area contributed by atoms with E-state index in [4.69, 9.17) is 10.5 Å². The number of carbonyl (C=O) groups excluding carboxylic acids is 1. The van der Waals surface area contributed by atoms with Gasteiger partial charge in [-0.15, -0.1) is 12.4 Å². The zero-order valence-electron chi connectivity index (χ0n) is 18.9. The molecule has 0 bridgehead atoms. The predicted octanol–water partition coefficient (Wildman–Crippen LogP) is 5.47. The van der Waals surface area contributed by atoms with Crippen LogP contribution in [0.2, 0.25) is 0 Å². The topological polar surface area (TPSA) is 84.6 Å². The second-order valence-corrected chi connectivity index (χ2v) is 8.47. The average molecular weight is 591 g/mol. The summed E-state index contributed by atoms with van der Waals surface area (Å²) in [6.07, 6.45) is -2.87. The van der Waals surface area contributed by atoms with Crippen molar-refractivity contribution >= 4 is 51.3 Å². The van der Waals surface area contributed by atoms with Crippen molar-refractivity contribution in [2.45, 2.75) is 19.0 Å². The monoisotopic (exact) mass is 589 g/mol. The molecule has 3 aromatic rings. The van der Waals surface area contributed by atoms with Crippen molar-refractivity contribution in [1.29, 1.82) is 0 Å². The molecule has 0 spiro atoms. The number of hydrogen-bond acceptors (Lipinski definition) is 6. The maximum atomic E-state index is 14.1. The van der Waals surface area contributed by atoms with Gasteiger partial charge in [0, 0.05) is 18.0 Å². The number of aromatic nitrogens is 2. The number of alkyl halides is 3. The SMILES string of the molecule is COc1ccc(N2CN(c3ccc(F)cc3CCCN)c3cc(C(F)(F)F)ncc3C2=O)c(Br)n1.Cl. The van der Waals surface area contributed by atoms with E-state index in [0.717, 1.165) is 12.3 Å². The molecule has 7 nitrogen and oxygen atoms in total. The van der Waals surface area contributed by atoms with Crippen LogP contribution in [0.1, 0.15) is 28.0 Å². The number of amides is 1. The number of ether oxygens (including phenoxy) is 1. The number of halogens is 6. The molecule has 1 aliphatic heterocycles. The van der Waals surface area contributed by atoms with Crippen molar-refractivity contribution in [1.82, 2.24) is 9.97 Å². The molecule has 13 heteroatoms. The third-order valence-corrected chi connectivity index (χ3v) is 6.09. The van der Waals surface area contributed by atoms with Crippen LogP contribution in [0.5, 0.6) is 5.88 Å². The number of carbonyl (C=O) groups is 1. The van der Waals surface area contributed by atoms with E-state index in [9.17, 15) is 22.4 Å². The molecule has 2 N–H and O–H groups in total. The summed E-state index contributed by atoms with van der Waals surface area (Å²) < 4.78 is 59.9. The number of fused-ring (bicyclic) bond motifs is 1. The molecule has 0 saturated heterocycles. The van der Waals surface area contributed by atoms with Crippen molar-refractivity contribution in [2.75, 3.05) is 30.1 Å². The van der Waals surface area contributed by atoms with Crippen LogP contribution in [-0.4, -0.2) is 36.2 Å². The lowest BCUT2D eigenvalue weighted by atomic mass is 10.0. The molecule has 0 aliphatic carbocycles. The van der Waals surface area contributed by atoms with Crippen molar-refractivity contribution in [3.63, 3.8) is 0 Å². The summed E-state index contributed by atoms with van der Waals surface area (Å²) in [6.45, 7) is 0.199. The molecule has 1 amide bonds. The molecular formula is C23H21BrClF4N5O2. The Morgan fingerprint density at radius 1 is 1.11 bits per heavy atom. The van der Waals surface area contributed by atoms with Crippen LogP contribution in [0.4, 0.5) is 34.6 Å². The highest BCUT2D eigenvalue weighted by atomic mass is 79.9. The van der Waals surface area contributed by atoms with Gasteiger partial charge in [-0.05, 0) is 71.2 Å². The summed E-state index contributed by atoms with van der Waals surface area (Å²) in [6, 6.07) is 8.02. The number of anilines is 3. The summed E-state index contributed by atoms with van der Waals surface area (Å²) in [4.78, 5) is 24.0. The lowest BCUT2D eigenvalue weighted by Crippen LogP contribution is -2.45. The number of nitrogens with two attached hydrogens (primary N) is 1. The highest BCUT2D eigenvalue weighted by Gasteiger charge is 2.38.